The molecule has 0 aliphatic rings. The van der Waals surface area contributed by atoms with Gasteiger partial charge in [-0.3, -0.25) is 0 Å². The van der Waals surface area contributed by atoms with Gasteiger partial charge in [0.2, 0.25) is 0 Å². The van der Waals surface area contributed by atoms with Crippen LogP contribution < -0.4 is 0 Å². The first kappa shape index (κ1) is 213. The fourth-order valence-corrected chi connectivity index (χ4v) is 0. The largest absolute Gasteiger partial charge is 4.00 e. The van der Waals surface area contributed by atoms with Gasteiger partial charge in [0.15, 0.2) is 0 Å². The molecule has 0 aromatic carbocycles. The Morgan fingerprint density at radius 3 is 0.222 bits per heavy atom. The Bertz CT molecular complexity index is 8.26. The normalized spacial score (nSPS) is 0. The van der Waals surface area contributed by atoms with Crippen molar-refractivity contribution >= 4 is 0 Å². The van der Waals surface area contributed by atoms with Crippen LogP contribution in [0.3, 0.4) is 0 Å². The van der Waals surface area contributed by atoms with Crippen molar-refractivity contribution in [2.45, 2.75) is 0 Å². The average molecular weight is 370 g/mol. The first-order chi connectivity index (χ1) is 0. The SMILES string of the molecule is [O-2].[O-2].[O-2].[O-2].[O-2].[O-2].[Zr+4].[Zr+4].[Zr+4]. The molecule has 0 radical (unpaired) electrons. The van der Waals surface area contributed by atoms with E-state index in [4.69, 9.17) is 0 Å². The van der Waals surface area contributed by atoms with Crippen LogP contribution in [0.4, 0.5) is 0 Å². The average Bonchev–Trinajstić information content (AvgIpc) is 0. The number of rotatable bonds is 0. The molecule has 0 bridgehead atoms. The quantitative estimate of drug-likeness (QED) is 0.525. The third-order valence-electron chi connectivity index (χ3n) is 0. The minimum absolute atomic E-state index is 0. The Kier molecular flexibility index (Phi) is 3760. The molecule has 9 heteroatoms. The smallest absolute Gasteiger partial charge is 2.00 e. The van der Waals surface area contributed by atoms with Crippen molar-refractivity contribution in [2.75, 3.05) is 0 Å². The second-order valence-electron chi connectivity index (χ2n) is 0. The monoisotopic (exact) mass is 366 g/mol. The molecular formula is O6Zr3. The predicted octanol–water partition coefficient (Wildman–Crippen LogP) is -0.720. The second kappa shape index (κ2) is 159. The van der Waals surface area contributed by atoms with E-state index in [1.54, 1.807) is 0 Å². The van der Waals surface area contributed by atoms with Crippen LogP contribution in [0.1, 0.15) is 0 Å². The van der Waals surface area contributed by atoms with E-state index in [2.05, 4.69) is 0 Å². The Morgan fingerprint density at radius 1 is 0.222 bits per heavy atom. The third-order valence-corrected chi connectivity index (χ3v) is 0. The van der Waals surface area contributed by atoms with Crippen LogP contribution in [0.2, 0.25) is 0 Å². The van der Waals surface area contributed by atoms with Crippen LogP contribution in [0.15, 0.2) is 0 Å². The summed E-state index contributed by atoms with van der Waals surface area (Å²) in [6.07, 6.45) is 0. The van der Waals surface area contributed by atoms with E-state index >= 15 is 0 Å². The van der Waals surface area contributed by atoms with Gasteiger partial charge in [-0.2, -0.15) is 0 Å². The zero-order valence-corrected chi connectivity index (χ0v) is 11.3. The number of hydrogen-bond acceptors (Lipinski definition) is 0. The van der Waals surface area contributed by atoms with E-state index in [0.717, 1.165) is 0 Å². The Hall–Kier alpha value is 2.41. The Morgan fingerprint density at radius 2 is 0.222 bits per heavy atom. The second-order valence-corrected chi connectivity index (χ2v) is 0. The van der Waals surface area contributed by atoms with Gasteiger partial charge in [-0.05, 0) is 0 Å². The summed E-state index contributed by atoms with van der Waals surface area (Å²) in [5, 5.41) is 0. The summed E-state index contributed by atoms with van der Waals surface area (Å²) in [7, 11) is 0. The maximum absolute atomic E-state index is 0. The molecule has 0 unspecified atom stereocenters. The van der Waals surface area contributed by atoms with Crippen molar-refractivity contribution in [3.63, 3.8) is 0 Å². The van der Waals surface area contributed by atoms with Gasteiger partial charge in [0.1, 0.15) is 0 Å². The minimum atomic E-state index is 0. The molecule has 0 fully saturated rings. The van der Waals surface area contributed by atoms with Crippen LogP contribution >= 0.6 is 0 Å². The maximum atomic E-state index is 0. The maximum Gasteiger partial charge on any atom is 4.00 e. The van der Waals surface area contributed by atoms with Gasteiger partial charge in [-0.1, -0.05) is 0 Å². The Labute approximate surface area is 110 Å². The third kappa shape index (κ3) is 127. The van der Waals surface area contributed by atoms with Crippen molar-refractivity contribution in [1.29, 1.82) is 0 Å². The zero-order valence-electron chi connectivity index (χ0n) is 3.95. The molecule has 0 N–H and O–H groups in total. The van der Waals surface area contributed by atoms with Crippen LogP contribution in [0, 0.1) is 0 Å². The van der Waals surface area contributed by atoms with Crippen LogP contribution in [-0.2, 0) is 111 Å². The van der Waals surface area contributed by atoms with E-state index in [1.807, 2.05) is 0 Å². The van der Waals surface area contributed by atoms with Gasteiger partial charge in [-0.25, -0.2) is 0 Å². The van der Waals surface area contributed by atoms with Crippen LogP contribution in [0.5, 0.6) is 0 Å². The molecule has 48 valence electrons. The zero-order chi connectivity index (χ0) is 0. The summed E-state index contributed by atoms with van der Waals surface area (Å²) >= 11 is 0. The summed E-state index contributed by atoms with van der Waals surface area (Å²) in [5.74, 6) is 0. The first-order valence-electron chi connectivity index (χ1n) is 0. The molecule has 0 heterocycles. The van der Waals surface area contributed by atoms with Crippen molar-refractivity contribution in [3.05, 3.63) is 0 Å². The minimum Gasteiger partial charge on any atom is -2.00 e. The molecule has 6 nitrogen and oxygen atoms in total. The molecule has 0 amide bonds. The molecule has 0 aromatic rings. The van der Waals surface area contributed by atoms with Crippen molar-refractivity contribution in [1.82, 2.24) is 0 Å². The summed E-state index contributed by atoms with van der Waals surface area (Å²) < 4.78 is 0. The van der Waals surface area contributed by atoms with Gasteiger partial charge >= 0.3 is 78.6 Å². The molecule has 9 heavy (non-hydrogen) atoms. The number of hydrogen-bond donors (Lipinski definition) is 0. The molecule has 0 aromatic heterocycles. The van der Waals surface area contributed by atoms with E-state index in [-0.39, 0.29) is 111 Å². The first-order valence-corrected chi connectivity index (χ1v) is 0. The topological polar surface area (TPSA) is 171 Å². The van der Waals surface area contributed by atoms with Crippen LogP contribution in [0.25, 0.3) is 0 Å². The van der Waals surface area contributed by atoms with E-state index in [1.165, 1.54) is 0 Å². The Balaban J connectivity index is 0. The van der Waals surface area contributed by atoms with E-state index in [9.17, 15) is 0 Å². The fourth-order valence-electron chi connectivity index (χ4n) is 0. The fraction of sp³-hybridized carbons (Fsp3) is 0. The van der Waals surface area contributed by atoms with Crippen molar-refractivity contribution in [3.8, 4) is 0 Å². The van der Waals surface area contributed by atoms with Gasteiger partial charge in [0, 0.05) is 0 Å². The van der Waals surface area contributed by atoms with Crippen molar-refractivity contribution < 1.29 is 111 Å². The van der Waals surface area contributed by atoms with Crippen LogP contribution in [-0.4, -0.2) is 0 Å². The molecule has 0 rings (SSSR count). The summed E-state index contributed by atoms with van der Waals surface area (Å²) in [4.78, 5) is 0. The molecule has 0 spiro atoms. The predicted molar refractivity (Wildman–Crippen MR) is 4.12 cm³/mol. The molecule has 0 atom stereocenters. The standard InChI is InChI=1S/6O.3Zr/q6*-2;3*+4. The van der Waals surface area contributed by atoms with Gasteiger partial charge in [-0.15, -0.1) is 0 Å². The molecule has 0 aliphatic heterocycles. The summed E-state index contributed by atoms with van der Waals surface area (Å²) in [6.45, 7) is 0. The molecule has 0 saturated carbocycles. The molecule has 0 saturated heterocycles. The molecule has 0 aliphatic carbocycles. The molecular weight excluding hydrogens is 370 g/mol. The van der Waals surface area contributed by atoms with Gasteiger partial charge < -0.3 is 32.9 Å². The summed E-state index contributed by atoms with van der Waals surface area (Å²) in [5.41, 5.74) is 0. The van der Waals surface area contributed by atoms with Gasteiger partial charge in [0.25, 0.3) is 0 Å². The van der Waals surface area contributed by atoms with Gasteiger partial charge in [0.05, 0.1) is 0 Å². The van der Waals surface area contributed by atoms with E-state index < -0.39 is 0 Å². The van der Waals surface area contributed by atoms with E-state index in [0.29, 0.717) is 0 Å². The summed E-state index contributed by atoms with van der Waals surface area (Å²) in [6, 6.07) is 0. The van der Waals surface area contributed by atoms with Crippen molar-refractivity contribution in [2.24, 2.45) is 0 Å².